The Morgan fingerprint density at radius 2 is 1.77 bits per heavy atom. The highest BCUT2D eigenvalue weighted by atomic mass is 32.2. The maximum Gasteiger partial charge on any atom is 0.259 e. The fourth-order valence-electron chi connectivity index (χ4n) is 4.18. The van der Waals surface area contributed by atoms with E-state index in [1.165, 1.54) is 29.2 Å². The third kappa shape index (κ3) is 5.83. The van der Waals surface area contributed by atoms with E-state index in [0.29, 0.717) is 33.7 Å². The van der Waals surface area contributed by atoms with Gasteiger partial charge in [0.05, 0.1) is 25.0 Å². The number of ether oxygens (including phenoxy) is 1. The molecule has 0 radical (unpaired) electrons. The SMILES string of the molecule is COc1ccccc1CNC(=O)C[C@@H]1N=C2c3ccccc3N=C(SCC(=O)Nc3ccc(F)cc3)N2C1=O. The van der Waals surface area contributed by atoms with Crippen molar-refractivity contribution in [2.75, 3.05) is 18.2 Å². The fraction of sp³-hybridized carbons (Fsp3) is 0.179. The first-order valence-electron chi connectivity index (χ1n) is 12.1. The zero-order valence-corrected chi connectivity index (χ0v) is 21.7. The number of thioether (sulfide) groups is 1. The number of nitrogens with one attached hydrogen (secondary N) is 2. The van der Waals surface area contributed by atoms with E-state index in [1.807, 2.05) is 42.5 Å². The molecular formula is C28H24FN5O4S. The number of rotatable bonds is 8. The Balaban J connectivity index is 1.27. The van der Waals surface area contributed by atoms with Crippen molar-refractivity contribution < 1.29 is 23.5 Å². The number of aliphatic imine (C=N–C) groups is 2. The first kappa shape index (κ1) is 26.1. The number of fused-ring (bicyclic) bond motifs is 3. The van der Waals surface area contributed by atoms with Crippen LogP contribution in [0.3, 0.4) is 0 Å². The smallest absolute Gasteiger partial charge is 0.259 e. The minimum absolute atomic E-state index is 0.0422. The molecule has 11 heteroatoms. The lowest BCUT2D eigenvalue weighted by Crippen LogP contribution is -2.42. The summed E-state index contributed by atoms with van der Waals surface area (Å²) in [6.07, 6.45) is -0.140. The van der Waals surface area contributed by atoms with Crippen LogP contribution < -0.4 is 15.4 Å². The normalized spacial score (nSPS) is 15.6. The third-order valence-corrected chi connectivity index (χ3v) is 6.99. The van der Waals surface area contributed by atoms with Gasteiger partial charge in [-0.3, -0.25) is 19.4 Å². The van der Waals surface area contributed by atoms with Gasteiger partial charge >= 0.3 is 0 Å². The topological polar surface area (TPSA) is 112 Å². The number of hydrogen-bond acceptors (Lipinski definition) is 7. The van der Waals surface area contributed by atoms with Crippen LogP contribution in [-0.2, 0) is 20.9 Å². The molecule has 0 spiro atoms. The molecule has 0 fully saturated rings. The van der Waals surface area contributed by atoms with Crippen LogP contribution >= 0.6 is 11.8 Å². The number of amides is 3. The van der Waals surface area contributed by atoms with E-state index in [4.69, 9.17) is 4.74 Å². The Hall–Kier alpha value is -4.51. The summed E-state index contributed by atoms with van der Waals surface area (Å²) in [5.74, 6) is -0.455. The monoisotopic (exact) mass is 545 g/mol. The van der Waals surface area contributed by atoms with E-state index >= 15 is 0 Å². The number of halogens is 1. The molecule has 2 N–H and O–H groups in total. The van der Waals surface area contributed by atoms with Crippen molar-refractivity contribution in [3.63, 3.8) is 0 Å². The summed E-state index contributed by atoms with van der Waals surface area (Å²) in [4.78, 5) is 49.3. The zero-order valence-electron chi connectivity index (χ0n) is 20.9. The van der Waals surface area contributed by atoms with Crippen molar-refractivity contribution in [1.29, 1.82) is 0 Å². The predicted molar refractivity (Wildman–Crippen MR) is 148 cm³/mol. The summed E-state index contributed by atoms with van der Waals surface area (Å²) in [6, 6.07) is 19.1. The molecule has 2 aliphatic rings. The molecule has 3 aromatic rings. The second-order valence-electron chi connectivity index (χ2n) is 8.69. The van der Waals surface area contributed by atoms with Gasteiger partial charge in [0, 0.05) is 23.4 Å². The largest absolute Gasteiger partial charge is 0.496 e. The van der Waals surface area contributed by atoms with Gasteiger partial charge in [0.15, 0.2) is 5.17 Å². The Kier molecular flexibility index (Phi) is 7.69. The molecule has 39 heavy (non-hydrogen) atoms. The number of para-hydroxylation sites is 2. The summed E-state index contributed by atoms with van der Waals surface area (Å²) in [6.45, 7) is 0.249. The highest BCUT2D eigenvalue weighted by molar-refractivity contribution is 8.14. The highest BCUT2D eigenvalue weighted by Crippen LogP contribution is 2.34. The van der Waals surface area contributed by atoms with Gasteiger partial charge in [0.2, 0.25) is 11.8 Å². The van der Waals surface area contributed by atoms with E-state index in [-0.39, 0.29) is 30.5 Å². The van der Waals surface area contributed by atoms with Gasteiger partial charge in [-0.15, -0.1) is 0 Å². The van der Waals surface area contributed by atoms with E-state index in [0.717, 1.165) is 17.3 Å². The number of anilines is 1. The number of benzene rings is 3. The molecule has 0 bridgehead atoms. The number of carbonyl (C=O) groups excluding carboxylic acids is 3. The number of hydrogen-bond donors (Lipinski definition) is 2. The minimum atomic E-state index is -0.928. The molecule has 2 heterocycles. The van der Waals surface area contributed by atoms with Gasteiger partial charge in [0.25, 0.3) is 5.91 Å². The first-order valence-corrected chi connectivity index (χ1v) is 13.1. The van der Waals surface area contributed by atoms with Crippen molar-refractivity contribution in [2.45, 2.75) is 19.0 Å². The molecule has 198 valence electrons. The number of carbonyl (C=O) groups is 3. The molecule has 0 saturated heterocycles. The minimum Gasteiger partial charge on any atom is -0.496 e. The van der Waals surface area contributed by atoms with Crippen LogP contribution in [0.2, 0.25) is 0 Å². The third-order valence-electron chi connectivity index (χ3n) is 6.06. The molecule has 0 aromatic heterocycles. The van der Waals surface area contributed by atoms with Gasteiger partial charge in [0.1, 0.15) is 23.4 Å². The van der Waals surface area contributed by atoms with Gasteiger partial charge in [-0.1, -0.05) is 42.1 Å². The first-order chi connectivity index (χ1) is 18.9. The maximum absolute atomic E-state index is 13.4. The lowest BCUT2D eigenvalue weighted by atomic mass is 10.1. The Morgan fingerprint density at radius 3 is 2.56 bits per heavy atom. The summed E-state index contributed by atoms with van der Waals surface area (Å²) in [5.41, 5.74) is 2.55. The van der Waals surface area contributed by atoms with Crippen LogP contribution in [0, 0.1) is 5.82 Å². The lowest BCUT2D eigenvalue weighted by molar-refractivity contribution is -0.128. The second kappa shape index (κ2) is 11.5. The van der Waals surface area contributed by atoms with E-state index < -0.39 is 17.8 Å². The zero-order chi connectivity index (χ0) is 27.4. The quantitative estimate of drug-likeness (QED) is 0.446. The van der Waals surface area contributed by atoms with E-state index in [1.54, 1.807) is 13.2 Å². The fourth-order valence-corrected chi connectivity index (χ4v) is 4.98. The lowest BCUT2D eigenvalue weighted by Gasteiger charge is -2.25. The summed E-state index contributed by atoms with van der Waals surface area (Å²) < 4.78 is 18.5. The second-order valence-corrected chi connectivity index (χ2v) is 9.63. The van der Waals surface area contributed by atoms with Crippen LogP contribution in [0.15, 0.2) is 82.8 Å². The van der Waals surface area contributed by atoms with Crippen LogP contribution in [0.25, 0.3) is 0 Å². The molecule has 0 saturated carbocycles. The molecule has 0 aliphatic carbocycles. The van der Waals surface area contributed by atoms with Crippen LogP contribution in [-0.4, -0.2) is 52.5 Å². The Bertz CT molecular complexity index is 1490. The number of nitrogens with zero attached hydrogens (tertiary/aromatic N) is 3. The molecule has 5 rings (SSSR count). The van der Waals surface area contributed by atoms with Crippen molar-refractivity contribution in [3.8, 4) is 5.75 Å². The summed E-state index contributed by atoms with van der Waals surface area (Å²) in [7, 11) is 1.56. The maximum atomic E-state index is 13.4. The van der Waals surface area contributed by atoms with Crippen LogP contribution in [0.5, 0.6) is 5.75 Å². The molecule has 1 atom stereocenters. The van der Waals surface area contributed by atoms with Gasteiger partial charge < -0.3 is 15.4 Å². The highest BCUT2D eigenvalue weighted by Gasteiger charge is 2.42. The van der Waals surface area contributed by atoms with E-state index in [9.17, 15) is 18.8 Å². The molecule has 9 nitrogen and oxygen atoms in total. The molecule has 2 aliphatic heterocycles. The predicted octanol–water partition coefficient (Wildman–Crippen LogP) is 3.87. The summed E-state index contributed by atoms with van der Waals surface area (Å²) in [5, 5.41) is 5.82. The van der Waals surface area contributed by atoms with Crippen LogP contribution in [0.4, 0.5) is 15.8 Å². The van der Waals surface area contributed by atoms with Gasteiger partial charge in [-0.25, -0.2) is 14.3 Å². The van der Waals surface area contributed by atoms with Crippen LogP contribution in [0.1, 0.15) is 17.5 Å². The molecule has 3 amide bonds. The Labute approximate surface area is 228 Å². The summed E-state index contributed by atoms with van der Waals surface area (Å²) >= 11 is 1.08. The number of amidine groups is 2. The van der Waals surface area contributed by atoms with Crippen molar-refractivity contribution >= 4 is 51.9 Å². The average molecular weight is 546 g/mol. The average Bonchev–Trinajstić information content (AvgIpc) is 3.28. The van der Waals surface area contributed by atoms with Gasteiger partial charge in [-0.05, 0) is 42.5 Å². The standard InChI is InChI=1S/C28H24FN5O4S/c1-38-23-9-5-2-6-17(23)15-30-24(35)14-22-27(37)34-26(32-22)20-7-3-4-8-21(20)33-28(34)39-16-25(36)31-19-12-10-18(29)11-13-19/h2-13,22H,14-16H2,1H3,(H,30,35)(H,31,36)/t22-/m0/s1. The molecular weight excluding hydrogens is 521 g/mol. The van der Waals surface area contributed by atoms with E-state index in [2.05, 4.69) is 20.6 Å². The van der Waals surface area contributed by atoms with Crippen molar-refractivity contribution in [2.24, 2.45) is 9.98 Å². The van der Waals surface area contributed by atoms with Gasteiger partial charge in [-0.2, -0.15) is 0 Å². The van der Waals surface area contributed by atoms with Crippen molar-refractivity contribution in [1.82, 2.24) is 10.2 Å². The number of methoxy groups -OCH3 is 1. The van der Waals surface area contributed by atoms with Crippen molar-refractivity contribution in [3.05, 3.63) is 89.7 Å². The Morgan fingerprint density at radius 1 is 1.03 bits per heavy atom. The molecule has 0 unspecified atom stereocenters. The molecule has 3 aromatic carbocycles.